The molecule has 3 nitrogen and oxygen atoms in total. The van der Waals surface area contributed by atoms with Crippen LogP contribution in [0.2, 0.25) is 0 Å². The maximum atomic E-state index is 11.6. The van der Waals surface area contributed by atoms with Crippen molar-refractivity contribution in [2.24, 2.45) is 34.5 Å². The first kappa shape index (κ1) is 20.3. The van der Waals surface area contributed by atoms with Crippen LogP contribution in [0.3, 0.4) is 0 Å². The highest BCUT2D eigenvalue weighted by Gasteiger charge is 2.58. The van der Waals surface area contributed by atoms with E-state index in [4.69, 9.17) is 0 Å². The summed E-state index contributed by atoms with van der Waals surface area (Å²) in [6.45, 7) is 9.07. The van der Waals surface area contributed by atoms with Crippen molar-refractivity contribution in [2.45, 2.75) is 85.1 Å². The van der Waals surface area contributed by atoms with Crippen molar-refractivity contribution in [1.82, 2.24) is 10.3 Å². The SMILES string of the molecule is CC(=O)N[C@@H]1CC[C@@]2(C)C(CCC3C2CC[C@]2(C)C(c4cnccc4C)=CCC32)C1. The molecule has 0 aliphatic heterocycles. The number of carbonyl (C=O) groups excluding carboxylic acids is 1. The monoisotopic (exact) mass is 406 g/mol. The molecule has 0 bridgehead atoms. The highest BCUT2D eigenvalue weighted by atomic mass is 16.1. The van der Waals surface area contributed by atoms with E-state index < -0.39 is 0 Å². The summed E-state index contributed by atoms with van der Waals surface area (Å²) in [4.78, 5) is 16.1. The number of fused-ring (bicyclic) bond motifs is 5. The molecule has 1 amide bonds. The zero-order valence-corrected chi connectivity index (χ0v) is 19.2. The van der Waals surface area contributed by atoms with Gasteiger partial charge in [-0.25, -0.2) is 0 Å². The van der Waals surface area contributed by atoms with Crippen LogP contribution in [0.1, 0.15) is 83.3 Å². The number of hydrogen-bond acceptors (Lipinski definition) is 2. The molecule has 4 unspecified atom stereocenters. The second-order valence-electron chi connectivity index (χ2n) is 11.3. The predicted molar refractivity (Wildman–Crippen MR) is 122 cm³/mol. The Morgan fingerprint density at radius 2 is 1.97 bits per heavy atom. The average Bonchev–Trinajstić information content (AvgIpc) is 3.05. The number of amides is 1. The van der Waals surface area contributed by atoms with Gasteiger partial charge in [0.05, 0.1) is 0 Å². The molecule has 0 spiro atoms. The maximum Gasteiger partial charge on any atom is 0.217 e. The molecule has 3 heteroatoms. The largest absolute Gasteiger partial charge is 0.354 e. The van der Waals surface area contributed by atoms with E-state index in [0.29, 0.717) is 16.9 Å². The fourth-order valence-electron chi connectivity index (χ4n) is 8.41. The quantitative estimate of drug-likeness (QED) is 0.661. The van der Waals surface area contributed by atoms with E-state index in [0.717, 1.165) is 30.1 Å². The normalized spacial score (nSPS) is 42.5. The zero-order chi connectivity index (χ0) is 21.1. The number of rotatable bonds is 2. The van der Waals surface area contributed by atoms with E-state index >= 15 is 0 Å². The Hall–Kier alpha value is -1.64. The Morgan fingerprint density at radius 3 is 2.73 bits per heavy atom. The van der Waals surface area contributed by atoms with Gasteiger partial charge in [0, 0.05) is 25.4 Å². The van der Waals surface area contributed by atoms with Crippen molar-refractivity contribution in [3.8, 4) is 0 Å². The Kier molecular flexibility index (Phi) is 4.87. The van der Waals surface area contributed by atoms with E-state index in [1.807, 2.05) is 6.20 Å². The lowest BCUT2D eigenvalue weighted by molar-refractivity contribution is -0.123. The summed E-state index contributed by atoms with van der Waals surface area (Å²) in [5.41, 5.74) is 5.11. The Bertz CT molecular complexity index is 875. The third kappa shape index (κ3) is 2.99. The first-order valence-corrected chi connectivity index (χ1v) is 12.2. The zero-order valence-electron chi connectivity index (χ0n) is 19.2. The standard InChI is InChI=1S/C27H38N2O/c1-17-11-14-28-16-22(17)24-8-7-23-21-6-5-19-15-20(29-18(2)30)9-12-26(19,3)25(21)10-13-27(23,24)4/h8,11,14,16,19-21,23,25H,5-7,9-10,12-13,15H2,1-4H3,(H,29,30)/t19?,20-,21?,23?,25?,26+,27+/m1/s1. The molecule has 3 saturated carbocycles. The minimum atomic E-state index is 0.140. The van der Waals surface area contributed by atoms with E-state index in [9.17, 15) is 4.79 Å². The van der Waals surface area contributed by atoms with Gasteiger partial charge in [0.15, 0.2) is 0 Å². The predicted octanol–water partition coefficient (Wildman–Crippen LogP) is 5.93. The van der Waals surface area contributed by atoms with Crippen molar-refractivity contribution in [3.63, 3.8) is 0 Å². The van der Waals surface area contributed by atoms with Gasteiger partial charge in [0.2, 0.25) is 5.91 Å². The number of aromatic nitrogens is 1. The van der Waals surface area contributed by atoms with Crippen LogP contribution in [0.25, 0.3) is 5.57 Å². The third-order valence-corrected chi connectivity index (χ3v) is 9.98. The molecule has 1 N–H and O–H groups in total. The summed E-state index contributed by atoms with van der Waals surface area (Å²) in [5, 5.41) is 3.22. The fourth-order valence-corrected chi connectivity index (χ4v) is 8.41. The van der Waals surface area contributed by atoms with Crippen LogP contribution in [0.5, 0.6) is 0 Å². The van der Waals surface area contributed by atoms with Gasteiger partial charge in [-0.05, 0) is 116 Å². The molecule has 7 atom stereocenters. The highest BCUT2D eigenvalue weighted by Crippen LogP contribution is 2.67. The molecule has 0 aromatic carbocycles. The summed E-state index contributed by atoms with van der Waals surface area (Å²) in [6, 6.07) is 2.57. The van der Waals surface area contributed by atoms with Crippen LogP contribution in [0.15, 0.2) is 24.5 Å². The van der Waals surface area contributed by atoms with E-state index in [1.165, 1.54) is 56.1 Å². The van der Waals surface area contributed by atoms with Crippen LogP contribution < -0.4 is 5.32 Å². The van der Waals surface area contributed by atoms with Gasteiger partial charge in [-0.2, -0.15) is 0 Å². The third-order valence-electron chi connectivity index (χ3n) is 9.98. The molecule has 5 rings (SSSR count). The van der Waals surface area contributed by atoms with Gasteiger partial charge in [-0.3, -0.25) is 9.78 Å². The second kappa shape index (κ2) is 7.21. The lowest BCUT2D eigenvalue weighted by Crippen LogP contribution is -2.55. The highest BCUT2D eigenvalue weighted by molar-refractivity contribution is 5.74. The van der Waals surface area contributed by atoms with E-state index in [-0.39, 0.29) is 5.91 Å². The number of aryl methyl sites for hydroxylation is 1. The molecule has 1 heterocycles. The van der Waals surface area contributed by atoms with Crippen LogP contribution in [-0.2, 0) is 4.79 Å². The molecule has 0 saturated heterocycles. The smallest absolute Gasteiger partial charge is 0.217 e. The van der Waals surface area contributed by atoms with E-state index in [2.05, 4.69) is 49.4 Å². The van der Waals surface area contributed by atoms with Crippen LogP contribution in [0.4, 0.5) is 0 Å². The molecule has 4 aliphatic carbocycles. The van der Waals surface area contributed by atoms with Gasteiger partial charge in [0.25, 0.3) is 0 Å². The van der Waals surface area contributed by atoms with Crippen LogP contribution in [-0.4, -0.2) is 16.9 Å². The summed E-state index contributed by atoms with van der Waals surface area (Å²) in [6.07, 6.45) is 16.9. The number of carbonyl (C=O) groups is 1. The molecular weight excluding hydrogens is 368 g/mol. The maximum absolute atomic E-state index is 11.6. The fraction of sp³-hybridized carbons (Fsp3) is 0.704. The second-order valence-corrected chi connectivity index (χ2v) is 11.3. The summed E-state index contributed by atoms with van der Waals surface area (Å²) >= 11 is 0. The molecule has 3 fully saturated rings. The molecule has 4 aliphatic rings. The molecule has 1 aromatic rings. The molecule has 0 radical (unpaired) electrons. The first-order valence-electron chi connectivity index (χ1n) is 12.2. The first-order chi connectivity index (χ1) is 14.3. The van der Waals surface area contributed by atoms with Gasteiger partial charge in [0.1, 0.15) is 0 Å². The number of nitrogens with zero attached hydrogens (tertiary/aromatic N) is 1. The minimum absolute atomic E-state index is 0.140. The van der Waals surface area contributed by atoms with Crippen LogP contribution in [0, 0.1) is 41.4 Å². The molecule has 30 heavy (non-hydrogen) atoms. The number of nitrogens with one attached hydrogen (secondary N) is 1. The Morgan fingerprint density at radius 1 is 1.13 bits per heavy atom. The number of pyridine rings is 1. The Labute approximate surface area is 182 Å². The lowest BCUT2D eigenvalue weighted by Gasteiger charge is -2.61. The summed E-state index contributed by atoms with van der Waals surface area (Å²) in [5.74, 6) is 3.42. The average molecular weight is 407 g/mol. The number of hydrogen-bond donors (Lipinski definition) is 1. The van der Waals surface area contributed by atoms with Gasteiger partial charge in [-0.15, -0.1) is 0 Å². The minimum Gasteiger partial charge on any atom is -0.354 e. The van der Waals surface area contributed by atoms with Crippen molar-refractivity contribution in [2.75, 3.05) is 0 Å². The van der Waals surface area contributed by atoms with Gasteiger partial charge in [-0.1, -0.05) is 19.9 Å². The Balaban J connectivity index is 1.38. The molecule has 1 aromatic heterocycles. The van der Waals surface area contributed by atoms with Crippen molar-refractivity contribution < 1.29 is 4.79 Å². The van der Waals surface area contributed by atoms with Gasteiger partial charge < -0.3 is 5.32 Å². The molecular formula is C27H38N2O. The summed E-state index contributed by atoms with van der Waals surface area (Å²) < 4.78 is 0. The number of allylic oxidation sites excluding steroid dienone is 2. The van der Waals surface area contributed by atoms with Crippen molar-refractivity contribution in [1.29, 1.82) is 0 Å². The van der Waals surface area contributed by atoms with Crippen molar-refractivity contribution in [3.05, 3.63) is 35.7 Å². The van der Waals surface area contributed by atoms with Crippen LogP contribution >= 0.6 is 0 Å². The molecule has 162 valence electrons. The summed E-state index contributed by atoms with van der Waals surface area (Å²) in [7, 11) is 0. The topological polar surface area (TPSA) is 42.0 Å². The van der Waals surface area contributed by atoms with E-state index in [1.54, 1.807) is 12.5 Å². The van der Waals surface area contributed by atoms with Gasteiger partial charge >= 0.3 is 0 Å². The lowest BCUT2D eigenvalue weighted by atomic mass is 9.44. The van der Waals surface area contributed by atoms with Crippen molar-refractivity contribution >= 4 is 11.5 Å².